The first kappa shape index (κ1) is 14.7. The van der Waals surface area contributed by atoms with E-state index in [1.54, 1.807) is 19.1 Å². The van der Waals surface area contributed by atoms with Crippen molar-refractivity contribution in [2.24, 2.45) is 0 Å². The lowest BCUT2D eigenvalue weighted by atomic mass is 10.1. The van der Waals surface area contributed by atoms with Gasteiger partial charge in [-0.25, -0.2) is 4.79 Å². The second kappa shape index (κ2) is 5.74. The Morgan fingerprint density at radius 2 is 1.71 bits per heavy atom. The number of carbonyl (C=O) groups is 4. The lowest BCUT2D eigenvalue weighted by Crippen LogP contribution is -2.44. The summed E-state index contributed by atoms with van der Waals surface area (Å²) in [7, 11) is 0. The maximum absolute atomic E-state index is 12.0. The summed E-state index contributed by atoms with van der Waals surface area (Å²) in [4.78, 5) is 51.8. The van der Waals surface area contributed by atoms with E-state index in [2.05, 4.69) is 5.32 Å². The molecule has 1 aliphatic heterocycles. The average Bonchev–Trinajstić information content (AvgIpc) is 2.70. The van der Waals surface area contributed by atoms with Crippen LogP contribution in [0.4, 0.5) is 0 Å². The Hall–Kier alpha value is -2.70. The normalized spacial score (nSPS) is 14.7. The highest BCUT2D eigenvalue weighted by Crippen LogP contribution is 2.22. The van der Waals surface area contributed by atoms with E-state index in [1.165, 1.54) is 19.1 Å². The number of carbonyl (C=O) groups excluding carboxylic acids is 4. The Morgan fingerprint density at radius 1 is 1.19 bits per heavy atom. The van der Waals surface area contributed by atoms with Crippen LogP contribution in [0.1, 0.15) is 41.0 Å². The Bertz CT molecular complexity index is 591. The number of hydrogen-bond acceptors (Lipinski definition) is 5. The Labute approximate surface area is 120 Å². The first-order valence-corrected chi connectivity index (χ1v) is 6.42. The average molecular weight is 290 g/mol. The molecule has 0 saturated carbocycles. The molecule has 7 heteroatoms. The van der Waals surface area contributed by atoms with Gasteiger partial charge in [0.15, 0.2) is 0 Å². The summed E-state index contributed by atoms with van der Waals surface area (Å²) >= 11 is 0. The molecular weight excluding hydrogens is 276 g/mol. The molecule has 1 unspecified atom stereocenters. The van der Waals surface area contributed by atoms with Gasteiger partial charge >= 0.3 is 5.97 Å². The van der Waals surface area contributed by atoms with E-state index in [9.17, 15) is 19.2 Å². The van der Waals surface area contributed by atoms with E-state index in [4.69, 9.17) is 4.84 Å². The van der Waals surface area contributed by atoms with Crippen LogP contribution in [0.5, 0.6) is 0 Å². The van der Waals surface area contributed by atoms with E-state index in [0.717, 1.165) is 0 Å². The van der Waals surface area contributed by atoms with E-state index in [-0.39, 0.29) is 17.5 Å². The van der Waals surface area contributed by atoms with E-state index in [1.807, 2.05) is 0 Å². The van der Waals surface area contributed by atoms with Crippen molar-refractivity contribution in [2.75, 3.05) is 0 Å². The molecule has 1 heterocycles. The highest BCUT2D eigenvalue weighted by atomic mass is 16.7. The third-order valence-corrected chi connectivity index (χ3v) is 3.01. The number of benzene rings is 1. The molecule has 1 aromatic rings. The summed E-state index contributed by atoms with van der Waals surface area (Å²) < 4.78 is 0. The van der Waals surface area contributed by atoms with Crippen LogP contribution in [0.3, 0.4) is 0 Å². The molecule has 0 aliphatic carbocycles. The molecule has 21 heavy (non-hydrogen) atoms. The van der Waals surface area contributed by atoms with Crippen LogP contribution in [0.15, 0.2) is 24.3 Å². The molecule has 0 fully saturated rings. The predicted molar refractivity (Wildman–Crippen MR) is 70.9 cm³/mol. The largest absolute Gasteiger partial charge is 0.355 e. The number of nitrogens with one attached hydrogen (secondary N) is 1. The van der Waals surface area contributed by atoms with Crippen LogP contribution < -0.4 is 5.32 Å². The second-order valence-electron chi connectivity index (χ2n) is 4.52. The van der Waals surface area contributed by atoms with Gasteiger partial charge in [0.05, 0.1) is 11.1 Å². The first-order valence-electron chi connectivity index (χ1n) is 6.42. The van der Waals surface area contributed by atoms with Gasteiger partial charge in [-0.2, -0.15) is 0 Å². The van der Waals surface area contributed by atoms with E-state index >= 15 is 0 Å². The summed E-state index contributed by atoms with van der Waals surface area (Å²) in [5.74, 6) is -2.65. The van der Waals surface area contributed by atoms with Gasteiger partial charge in [-0.3, -0.25) is 14.4 Å². The third kappa shape index (κ3) is 2.76. The lowest BCUT2D eigenvalue weighted by Gasteiger charge is -2.18. The molecule has 0 saturated heterocycles. The van der Waals surface area contributed by atoms with Crippen molar-refractivity contribution in [3.8, 4) is 0 Å². The molecule has 1 atom stereocenters. The summed E-state index contributed by atoms with van der Waals surface area (Å²) in [6.45, 7) is 2.93. The van der Waals surface area contributed by atoms with Crippen LogP contribution >= 0.6 is 0 Å². The topological polar surface area (TPSA) is 92.8 Å². The summed E-state index contributed by atoms with van der Waals surface area (Å²) in [5, 5.41) is 2.82. The van der Waals surface area contributed by atoms with Gasteiger partial charge in [-0.1, -0.05) is 24.1 Å². The van der Waals surface area contributed by atoms with Gasteiger partial charge in [0, 0.05) is 6.92 Å². The van der Waals surface area contributed by atoms with Gasteiger partial charge < -0.3 is 10.2 Å². The van der Waals surface area contributed by atoms with Gasteiger partial charge in [0.1, 0.15) is 6.04 Å². The third-order valence-electron chi connectivity index (χ3n) is 3.01. The zero-order chi connectivity index (χ0) is 15.6. The number of hydrogen-bond donors (Lipinski definition) is 1. The summed E-state index contributed by atoms with van der Waals surface area (Å²) in [6.07, 6.45) is 0.279. The minimum Gasteiger partial charge on any atom is -0.343 e. The zero-order valence-corrected chi connectivity index (χ0v) is 11.6. The first-order chi connectivity index (χ1) is 9.95. The monoisotopic (exact) mass is 290 g/mol. The van der Waals surface area contributed by atoms with Crippen LogP contribution in [0.25, 0.3) is 0 Å². The SMILES string of the molecule is CCC(NC(C)=O)C(=O)ON1C(=O)c2ccccc2C1=O. The van der Waals surface area contributed by atoms with Gasteiger partial charge in [0.2, 0.25) is 5.91 Å². The van der Waals surface area contributed by atoms with E-state index < -0.39 is 29.7 Å². The number of hydroxylamine groups is 2. The van der Waals surface area contributed by atoms with E-state index in [0.29, 0.717) is 5.06 Å². The standard InChI is InChI=1S/C14H14N2O5/c1-3-11(15-8(2)17)14(20)21-16-12(18)9-6-4-5-7-10(9)13(16)19/h4-7,11H,3H2,1-2H3,(H,15,17). The van der Waals surface area contributed by atoms with Crippen LogP contribution in [0, 0.1) is 0 Å². The fourth-order valence-corrected chi connectivity index (χ4v) is 1.98. The van der Waals surface area contributed by atoms with Crippen molar-refractivity contribution < 1.29 is 24.0 Å². The summed E-state index contributed by atoms with van der Waals surface area (Å²) in [5.41, 5.74) is 0.366. The van der Waals surface area contributed by atoms with Crippen LogP contribution in [-0.2, 0) is 14.4 Å². The molecule has 0 spiro atoms. The molecule has 1 N–H and O–H groups in total. The number of nitrogens with zero attached hydrogens (tertiary/aromatic N) is 1. The maximum Gasteiger partial charge on any atom is 0.355 e. The quantitative estimate of drug-likeness (QED) is 0.822. The summed E-state index contributed by atoms with van der Waals surface area (Å²) in [6, 6.07) is 5.28. The van der Waals surface area contributed by atoms with Crippen LogP contribution in [0.2, 0.25) is 0 Å². The minimum absolute atomic E-state index is 0.183. The Kier molecular flexibility index (Phi) is 4.02. The Balaban J connectivity index is 2.14. The molecule has 1 aromatic carbocycles. The van der Waals surface area contributed by atoms with Crippen molar-refractivity contribution in [1.82, 2.24) is 10.4 Å². The molecule has 2 rings (SSSR count). The second-order valence-corrected chi connectivity index (χ2v) is 4.52. The molecule has 0 bridgehead atoms. The number of fused-ring (bicyclic) bond motifs is 1. The lowest BCUT2D eigenvalue weighted by molar-refractivity contribution is -0.171. The molecule has 0 aromatic heterocycles. The highest BCUT2D eigenvalue weighted by Gasteiger charge is 2.39. The molecule has 7 nitrogen and oxygen atoms in total. The van der Waals surface area contributed by atoms with Crippen molar-refractivity contribution in [3.05, 3.63) is 35.4 Å². The van der Waals surface area contributed by atoms with Gasteiger partial charge in [-0.05, 0) is 18.6 Å². The molecule has 110 valence electrons. The van der Waals surface area contributed by atoms with Crippen molar-refractivity contribution in [1.29, 1.82) is 0 Å². The molecule has 1 aliphatic rings. The smallest absolute Gasteiger partial charge is 0.343 e. The van der Waals surface area contributed by atoms with Crippen LogP contribution in [-0.4, -0.2) is 34.8 Å². The number of rotatable bonds is 4. The fourth-order valence-electron chi connectivity index (χ4n) is 1.98. The Morgan fingerprint density at radius 3 is 2.14 bits per heavy atom. The van der Waals surface area contributed by atoms with Crippen molar-refractivity contribution >= 4 is 23.7 Å². The highest BCUT2D eigenvalue weighted by molar-refractivity contribution is 6.20. The molecular formula is C14H14N2O5. The molecule has 0 radical (unpaired) electrons. The predicted octanol–water partition coefficient (Wildman–Crippen LogP) is 0.655. The van der Waals surface area contributed by atoms with Gasteiger partial charge in [-0.15, -0.1) is 0 Å². The van der Waals surface area contributed by atoms with Crippen molar-refractivity contribution in [3.63, 3.8) is 0 Å². The maximum atomic E-state index is 12.0. The zero-order valence-electron chi connectivity index (χ0n) is 11.6. The van der Waals surface area contributed by atoms with Crippen molar-refractivity contribution in [2.45, 2.75) is 26.3 Å². The number of imide groups is 1. The fraction of sp³-hybridized carbons (Fsp3) is 0.286. The minimum atomic E-state index is -0.910. The van der Waals surface area contributed by atoms with Gasteiger partial charge in [0.25, 0.3) is 11.8 Å². The molecule has 3 amide bonds. The number of amides is 3.